The number of carbonyl (C=O) groups excluding carboxylic acids is 1. The Morgan fingerprint density at radius 2 is 0.909 bits per heavy atom. The SMILES string of the molecule is CCCCCCCCCCCCN(CCCCCCCCCCCC)[C@@H](CC(N)=O)C(=O)O. The summed E-state index contributed by atoms with van der Waals surface area (Å²) in [6, 6.07) is -0.778. The fourth-order valence-corrected chi connectivity index (χ4v) is 4.59. The molecule has 1 atom stereocenters. The Kier molecular flexibility index (Phi) is 23.2. The van der Waals surface area contributed by atoms with Gasteiger partial charge < -0.3 is 10.8 Å². The van der Waals surface area contributed by atoms with Crippen molar-refractivity contribution in [1.29, 1.82) is 0 Å². The molecule has 0 saturated carbocycles. The molecule has 0 rings (SSSR count). The van der Waals surface area contributed by atoms with Gasteiger partial charge in [0.2, 0.25) is 5.91 Å². The van der Waals surface area contributed by atoms with E-state index in [4.69, 9.17) is 5.73 Å². The molecule has 0 unspecified atom stereocenters. The van der Waals surface area contributed by atoms with Gasteiger partial charge in [0.05, 0.1) is 6.42 Å². The van der Waals surface area contributed by atoms with Crippen molar-refractivity contribution in [3.8, 4) is 0 Å². The van der Waals surface area contributed by atoms with Crippen LogP contribution in [0.4, 0.5) is 0 Å². The number of carbonyl (C=O) groups is 2. The Bertz CT molecular complexity index is 432. The van der Waals surface area contributed by atoms with E-state index in [-0.39, 0.29) is 6.42 Å². The van der Waals surface area contributed by atoms with Crippen molar-refractivity contribution in [3.63, 3.8) is 0 Å². The molecule has 5 heteroatoms. The standard InChI is InChI=1S/C28H56N2O3/c1-3-5-7-9-11-13-15-17-19-21-23-30(26(28(32)33)25-27(29)31)24-22-20-18-16-14-12-10-8-6-4-2/h26H,3-25H2,1-2H3,(H2,29,31)(H,32,33)/t26-/m0/s1. The van der Waals surface area contributed by atoms with Gasteiger partial charge in [-0.05, 0) is 25.9 Å². The lowest BCUT2D eigenvalue weighted by Gasteiger charge is -2.28. The quantitative estimate of drug-likeness (QED) is 0.129. The Morgan fingerprint density at radius 1 is 0.606 bits per heavy atom. The van der Waals surface area contributed by atoms with Gasteiger partial charge in [-0.3, -0.25) is 14.5 Å². The monoisotopic (exact) mass is 468 g/mol. The summed E-state index contributed by atoms with van der Waals surface area (Å²) in [5.41, 5.74) is 5.35. The van der Waals surface area contributed by atoms with Crippen molar-refractivity contribution in [2.75, 3.05) is 13.1 Å². The molecule has 33 heavy (non-hydrogen) atoms. The highest BCUT2D eigenvalue weighted by Gasteiger charge is 2.26. The zero-order chi connectivity index (χ0) is 24.6. The van der Waals surface area contributed by atoms with E-state index in [1.807, 2.05) is 4.90 Å². The third kappa shape index (κ3) is 21.2. The van der Waals surface area contributed by atoms with E-state index in [1.165, 1.54) is 103 Å². The van der Waals surface area contributed by atoms with Gasteiger partial charge in [0, 0.05) is 0 Å². The molecule has 0 aliphatic rings. The molecule has 0 aromatic carbocycles. The highest BCUT2D eigenvalue weighted by Crippen LogP contribution is 2.15. The van der Waals surface area contributed by atoms with Crippen molar-refractivity contribution in [3.05, 3.63) is 0 Å². The fourth-order valence-electron chi connectivity index (χ4n) is 4.59. The number of hydrogen-bond acceptors (Lipinski definition) is 3. The van der Waals surface area contributed by atoms with Gasteiger partial charge in [0.1, 0.15) is 6.04 Å². The Balaban J connectivity index is 4.14. The van der Waals surface area contributed by atoms with E-state index in [0.717, 1.165) is 38.8 Å². The summed E-state index contributed by atoms with van der Waals surface area (Å²) in [6.45, 7) is 5.99. The Labute approximate surface area is 205 Å². The summed E-state index contributed by atoms with van der Waals surface area (Å²) in [4.78, 5) is 25.2. The van der Waals surface area contributed by atoms with Crippen LogP contribution in [0.15, 0.2) is 0 Å². The van der Waals surface area contributed by atoms with Crippen LogP contribution in [0.3, 0.4) is 0 Å². The Hall–Kier alpha value is -1.10. The number of unbranched alkanes of at least 4 members (excludes halogenated alkanes) is 18. The molecule has 1 amide bonds. The molecule has 0 aliphatic carbocycles. The lowest BCUT2D eigenvalue weighted by molar-refractivity contribution is -0.145. The molecule has 0 aliphatic heterocycles. The smallest absolute Gasteiger partial charge is 0.321 e. The van der Waals surface area contributed by atoms with Gasteiger partial charge in [0.15, 0.2) is 0 Å². The van der Waals surface area contributed by atoms with Crippen LogP contribution >= 0.6 is 0 Å². The molecule has 0 bridgehead atoms. The number of carboxylic acids is 1. The molecule has 0 aromatic rings. The maximum Gasteiger partial charge on any atom is 0.321 e. The lowest BCUT2D eigenvalue weighted by atomic mass is 10.0. The predicted molar refractivity (Wildman–Crippen MR) is 140 cm³/mol. The average Bonchev–Trinajstić information content (AvgIpc) is 2.78. The van der Waals surface area contributed by atoms with Gasteiger partial charge in [-0.15, -0.1) is 0 Å². The first-order valence-corrected chi connectivity index (χ1v) is 14.3. The van der Waals surface area contributed by atoms with Gasteiger partial charge >= 0.3 is 5.97 Å². The molecule has 196 valence electrons. The van der Waals surface area contributed by atoms with Gasteiger partial charge in [-0.1, -0.05) is 129 Å². The van der Waals surface area contributed by atoms with Gasteiger partial charge in [-0.25, -0.2) is 0 Å². The second-order valence-corrected chi connectivity index (χ2v) is 9.92. The first kappa shape index (κ1) is 31.9. The van der Waals surface area contributed by atoms with Crippen LogP contribution in [0.2, 0.25) is 0 Å². The van der Waals surface area contributed by atoms with Crippen LogP contribution in [-0.2, 0) is 9.59 Å². The number of carboxylic acid groups (broad SMARTS) is 1. The molecule has 0 heterocycles. The largest absolute Gasteiger partial charge is 0.480 e. The number of hydrogen-bond donors (Lipinski definition) is 2. The molecular formula is C28H56N2O3. The number of primary amides is 1. The second kappa shape index (κ2) is 24.0. The minimum atomic E-state index is -0.923. The van der Waals surface area contributed by atoms with E-state index < -0.39 is 17.9 Å². The molecule has 0 aromatic heterocycles. The van der Waals surface area contributed by atoms with E-state index in [1.54, 1.807) is 0 Å². The number of aliphatic carboxylic acids is 1. The maximum absolute atomic E-state index is 11.8. The summed E-state index contributed by atoms with van der Waals surface area (Å²) in [7, 11) is 0. The van der Waals surface area contributed by atoms with Crippen molar-refractivity contribution in [1.82, 2.24) is 4.90 Å². The fraction of sp³-hybridized carbons (Fsp3) is 0.929. The molecule has 5 nitrogen and oxygen atoms in total. The van der Waals surface area contributed by atoms with Crippen molar-refractivity contribution < 1.29 is 14.7 Å². The number of nitrogens with two attached hydrogens (primary N) is 1. The highest BCUT2D eigenvalue weighted by molar-refractivity contribution is 5.83. The summed E-state index contributed by atoms with van der Waals surface area (Å²) in [5.74, 6) is -1.45. The molecule has 3 N–H and O–H groups in total. The van der Waals surface area contributed by atoms with Gasteiger partial charge in [0.25, 0.3) is 0 Å². The van der Waals surface area contributed by atoms with Crippen molar-refractivity contribution >= 4 is 11.9 Å². The van der Waals surface area contributed by atoms with Crippen LogP contribution in [0.5, 0.6) is 0 Å². The zero-order valence-electron chi connectivity index (χ0n) is 22.1. The minimum Gasteiger partial charge on any atom is -0.480 e. The van der Waals surface area contributed by atoms with E-state index in [0.29, 0.717) is 0 Å². The highest BCUT2D eigenvalue weighted by atomic mass is 16.4. The summed E-state index contributed by atoms with van der Waals surface area (Å²) >= 11 is 0. The summed E-state index contributed by atoms with van der Waals surface area (Å²) in [6.07, 6.45) is 25.2. The van der Waals surface area contributed by atoms with E-state index in [2.05, 4.69) is 13.8 Å². The van der Waals surface area contributed by atoms with Gasteiger partial charge in [-0.2, -0.15) is 0 Å². The zero-order valence-corrected chi connectivity index (χ0v) is 22.1. The molecular weight excluding hydrogens is 412 g/mol. The van der Waals surface area contributed by atoms with Crippen LogP contribution in [0.1, 0.15) is 149 Å². The average molecular weight is 469 g/mol. The Morgan fingerprint density at radius 3 is 1.18 bits per heavy atom. The minimum absolute atomic E-state index is 0.0924. The summed E-state index contributed by atoms with van der Waals surface area (Å²) in [5, 5.41) is 9.67. The van der Waals surface area contributed by atoms with Crippen molar-refractivity contribution in [2.45, 2.75) is 155 Å². The third-order valence-corrected chi connectivity index (χ3v) is 6.72. The first-order chi connectivity index (χ1) is 16.0. The number of rotatable bonds is 26. The summed E-state index contributed by atoms with van der Waals surface area (Å²) < 4.78 is 0. The normalized spacial score (nSPS) is 12.3. The molecule has 0 fully saturated rings. The van der Waals surface area contributed by atoms with Crippen molar-refractivity contribution in [2.24, 2.45) is 5.73 Å². The number of amides is 1. The van der Waals surface area contributed by atoms with Crippen LogP contribution in [0.25, 0.3) is 0 Å². The third-order valence-electron chi connectivity index (χ3n) is 6.72. The van der Waals surface area contributed by atoms with E-state index in [9.17, 15) is 14.7 Å². The van der Waals surface area contributed by atoms with Crippen LogP contribution < -0.4 is 5.73 Å². The molecule has 0 saturated heterocycles. The maximum atomic E-state index is 11.8. The predicted octanol–water partition coefficient (Wildman–Crippen LogP) is 7.46. The first-order valence-electron chi connectivity index (χ1n) is 14.3. The lowest BCUT2D eigenvalue weighted by Crippen LogP contribution is -2.44. The molecule has 0 spiro atoms. The van der Waals surface area contributed by atoms with Crippen LogP contribution in [-0.4, -0.2) is 41.0 Å². The van der Waals surface area contributed by atoms with Crippen LogP contribution in [0, 0.1) is 0 Å². The topological polar surface area (TPSA) is 83.6 Å². The second-order valence-electron chi connectivity index (χ2n) is 9.92. The molecule has 0 radical (unpaired) electrons. The number of nitrogens with zero attached hydrogens (tertiary/aromatic N) is 1. The van der Waals surface area contributed by atoms with E-state index >= 15 is 0 Å².